The summed E-state index contributed by atoms with van der Waals surface area (Å²) in [5.41, 5.74) is 6.38. The van der Waals surface area contributed by atoms with Crippen LogP contribution in [0.25, 0.3) is 11.5 Å². The highest BCUT2D eigenvalue weighted by Crippen LogP contribution is 2.17. The van der Waals surface area contributed by atoms with E-state index in [2.05, 4.69) is 32.5 Å². The second-order valence-corrected chi connectivity index (χ2v) is 3.21. The molecule has 0 spiro atoms. The normalized spacial score (nSPS) is 12.9. The van der Waals surface area contributed by atoms with Crippen LogP contribution in [0.4, 0.5) is 0 Å². The van der Waals surface area contributed by atoms with Crippen LogP contribution in [0.2, 0.25) is 0 Å². The fourth-order valence-corrected chi connectivity index (χ4v) is 1.23. The Hall–Kier alpha value is -1.76. The molecule has 15 heavy (non-hydrogen) atoms. The second-order valence-electron chi connectivity index (χ2n) is 3.21. The van der Waals surface area contributed by atoms with Gasteiger partial charge in [0.15, 0.2) is 5.69 Å². The lowest BCUT2D eigenvalue weighted by atomic mass is 10.2. The third-order valence-electron chi connectivity index (χ3n) is 2.00. The molecule has 0 aromatic carbocycles. The van der Waals surface area contributed by atoms with Crippen molar-refractivity contribution >= 4 is 0 Å². The Balaban J connectivity index is 2.17. The number of nitrogens with zero attached hydrogens (tertiary/aromatic N) is 4. The zero-order chi connectivity index (χ0) is 10.7. The van der Waals surface area contributed by atoms with Gasteiger partial charge in [-0.3, -0.25) is 0 Å². The topological polar surface area (TPSA) is 107 Å². The molecule has 2 aromatic rings. The summed E-state index contributed by atoms with van der Waals surface area (Å²) in [4.78, 5) is 4.15. The highest BCUT2D eigenvalue weighted by molar-refractivity contribution is 5.44. The predicted molar refractivity (Wildman–Crippen MR) is 51.5 cm³/mol. The highest BCUT2D eigenvalue weighted by Gasteiger charge is 2.15. The molecule has 7 nitrogen and oxygen atoms in total. The van der Waals surface area contributed by atoms with Crippen molar-refractivity contribution < 1.29 is 4.52 Å². The SMILES string of the molecule is CCCC(N)c1nc(-c2cn[nH]n2)no1. The minimum Gasteiger partial charge on any atom is -0.337 e. The van der Waals surface area contributed by atoms with Gasteiger partial charge in [-0.1, -0.05) is 18.5 Å². The first-order chi connectivity index (χ1) is 7.31. The number of aromatic amines is 1. The van der Waals surface area contributed by atoms with Crippen molar-refractivity contribution in [1.29, 1.82) is 0 Å². The van der Waals surface area contributed by atoms with Gasteiger partial charge in [-0.25, -0.2) is 0 Å². The van der Waals surface area contributed by atoms with E-state index in [9.17, 15) is 0 Å². The molecule has 0 saturated heterocycles. The van der Waals surface area contributed by atoms with E-state index in [0.29, 0.717) is 17.4 Å². The molecule has 80 valence electrons. The van der Waals surface area contributed by atoms with Gasteiger partial charge >= 0.3 is 0 Å². The molecule has 2 aromatic heterocycles. The van der Waals surface area contributed by atoms with Crippen LogP contribution in [0, 0.1) is 0 Å². The first-order valence-corrected chi connectivity index (χ1v) is 4.76. The maximum Gasteiger partial charge on any atom is 0.243 e. The van der Waals surface area contributed by atoms with Crippen molar-refractivity contribution in [2.45, 2.75) is 25.8 Å². The Kier molecular flexibility index (Phi) is 2.72. The van der Waals surface area contributed by atoms with Crippen LogP contribution in [0.15, 0.2) is 10.7 Å². The predicted octanol–water partition coefficient (Wildman–Crippen LogP) is 0.655. The molecule has 2 heterocycles. The number of rotatable bonds is 4. The van der Waals surface area contributed by atoms with Crippen LogP contribution in [-0.4, -0.2) is 25.6 Å². The van der Waals surface area contributed by atoms with Gasteiger partial charge in [-0.15, -0.1) is 0 Å². The summed E-state index contributed by atoms with van der Waals surface area (Å²) in [6.45, 7) is 2.05. The molecular formula is C8H12N6O. The summed E-state index contributed by atoms with van der Waals surface area (Å²) < 4.78 is 5.04. The first-order valence-electron chi connectivity index (χ1n) is 4.76. The fraction of sp³-hybridized carbons (Fsp3) is 0.500. The lowest BCUT2D eigenvalue weighted by molar-refractivity contribution is 0.348. The minimum atomic E-state index is -0.205. The Bertz CT molecular complexity index is 408. The van der Waals surface area contributed by atoms with Gasteiger partial charge in [-0.2, -0.15) is 20.4 Å². The van der Waals surface area contributed by atoms with Crippen molar-refractivity contribution in [3.05, 3.63) is 12.1 Å². The maximum absolute atomic E-state index is 5.83. The zero-order valence-corrected chi connectivity index (χ0v) is 8.34. The zero-order valence-electron chi connectivity index (χ0n) is 8.34. The molecule has 0 saturated carbocycles. The molecule has 0 fully saturated rings. The van der Waals surface area contributed by atoms with Crippen LogP contribution in [0.3, 0.4) is 0 Å². The van der Waals surface area contributed by atoms with E-state index in [1.807, 2.05) is 0 Å². The number of nitrogens with one attached hydrogen (secondary N) is 1. The summed E-state index contributed by atoms with van der Waals surface area (Å²) in [5, 5.41) is 13.8. The van der Waals surface area contributed by atoms with Crippen molar-refractivity contribution in [2.24, 2.45) is 5.73 Å². The number of hydrogen-bond donors (Lipinski definition) is 2. The summed E-state index contributed by atoms with van der Waals surface area (Å²) in [6.07, 6.45) is 3.32. The Labute approximate surface area is 86.1 Å². The number of hydrogen-bond acceptors (Lipinski definition) is 6. The molecule has 0 radical (unpaired) electrons. The Morgan fingerprint density at radius 2 is 2.47 bits per heavy atom. The minimum absolute atomic E-state index is 0.205. The fourth-order valence-electron chi connectivity index (χ4n) is 1.23. The largest absolute Gasteiger partial charge is 0.337 e. The van der Waals surface area contributed by atoms with Crippen LogP contribution in [0.5, 0.6) is 0 Å². The summed E-state index contributed by atoms with van der Waals surface area (Å²) in [7, 11) is 0. The number of H-pyrrole nitrogens is 1. The average Bonchev–Trinajstić information content (AvgIpc) is 2.89. The molecule has 0 amide bonds. The molecule has 2 rings (SSSR count). The van der Waals surface area contributed by atoms with Gasteiger partial charge < -0.3 is 10.3 Å². The molecule has 3 N–H and O–H groups in total. The second kappa shape index (κ2) is 4.18. The van der Waals surface area contributed by atoms with E-state index in [1.165, 1.54) is 6.20 Å². The van der Waals surface area contributed by atoms with Crippen molar-refractivity contribution in [2.75, 3.05) is 0 Å². The Morgan fingerprint density at radius 3 is 3.13 bits per heavy atom. The molecule has 0 aliphatic carbocycles. The number of nitrogens with two attached hydrogens (primary N) is 1. The van der Waals surface area contributed by atoms with Crippen molar-refractivity contribution in [1.82, 2.24) is 25.6 Å². The van der Waals surface area contributed by atoms with E-state index in [-0.39, 0.29) is 6.04 Å². The molecule has 7 heteroatoms. The lowest BCUT2D eigenvalue weighted by Crippen LogP contribution is -2.09. The van der Waals surface area contributed by atoms with Gasteiger partial charge in [0.05, 0.1) is 12.2 Å². The highest BCUT2D eigenvalue weighted by atomic mass is 16.5. The van der Waals surface area contributed by atoms with Gasteiger partial charge in [0, 0.05) is 0 Å². The molecule has 0 bridgehead atoms. The summed E-state index contributed by atoms with van der Waals surface area (Å²) in [5.74, 6) is 0.847. The van der Waals surface area contributed by atoms with Gasteiger partial charge in [-0.05, 0) is 6.42 Å². The van der Waals surface area contributed by atoms with Gasteiger partial charge in [0.1, 0.15) is 0 Å². The standard InChI is InChI=1S/C8H12N6O/c1-2-3-5(9)8-11-7(13-15-8)6-4-10-14-12-6/h4-5H,2-3,9H2,1H3,(H,10,12,14). The van der Waals surface area contributed by atoms with E-state index >= 15 is 0 Å². The molecule has 1 atom stereocenters. The smallest absolute Gasteiger partial charge is 0.243 e. The first kappa shape index (κ1) is 9.78. The third-order valence-corrected chi connectivity index (χ3v) is 2.00. The van der Waals surface area contributed by atoms with E-state index < -0.39 is 0 Å². The van der Waals surface area contributed by atoms with Crippen LogP contribution in [0.1, 0.15) is 31.7 Å². The molecular weight excluding hydrogens is 196 g/mol. The quantitative estimate of drug-likeness (QED) is 0.764. The molecule has 1 unspecified atom stereocenters. The van der Waals surface area contributed by atoms with Gasteiger partial charge in [0.2, 0.25) is 11.7 Å². The lowest BCUT2D eigenvalue weighted by Gasteiger charge is -2.01. The van der Waals surface area contributed by atoms with E-state index in [4.69, 9.17) is 10.3 Å². The van der Waals surface area contributed by atoms with Crippen LogP contribution < -0.4 is 5.73 Å². The van der Waals surface area contributed by atoms with Crippen LogP contribution in [-0.2, 0) is 0 Å². The van der Waals surface area contributed by atoms with E-state index in [0.717, 1.165) is 12.8 Å². The van der Waals surface area contributed by atoms with Crippen LogP contribution >= 0.6 is 0 Å². The molecule has 0 aliphatic heterocycles. The van der Waals surface area contributed by atoms with Crippen molar-refractivity contribution in [3.8, 4) is 11.5 Å². The average molecular weight is 208 g/mol. The molecule has 0 aliphatic rings. The van der Waals surface area contributed by atoms with E-state index in [1.54, 1.807) is 0 Å². The van der Waals surface area contributed by atoms with Crippen molar-refractivity contribution in [3.63, 3.8) is 0 Å². The monoisotopic (exact) mass is 208 g/mol. The maximum atomic E-state index is 5.83. The third kappa shape index (κ3) is 2.01. The Morgan fingerprint density at radius 1 is 1.60 bits per heavy atom. The number of aromatic nitrogens is 5. The van der Waals surface area contributed by atoms with Gasteiger partial charge in [0.25, 0.3) is 0 Å². The summed E-state index contributed by atoms with van der Waals surface area (Å²) in [6, 6.07) is -0.205. The summed E-state index contributed by atoms with van der Waals surface area (Å²) >= 11 is 0.